The predicted octanol–water partition coefficient (Wildman–Crippen LogP) is 4.33. The number of halogens is 3. The molecule has 0 aliphatic heterocycles. The first kappa shape index (κ1) is 15.7. The van der Waals surface area contributed by atoms with E-state index in [1.165, 1.54) is 25.3 Å². The van der Waals surface area contributed by atoms with E-state index in [4.69, 9.17) is 16.3 Å². The molecule has 0 aliphatic carbocycles. The van der Waals surface area contributed by atoms with Crippen molar-refractivity contribution in [2.75, 3.05) is 13.7 Å². The van der Waals surface area contributed by atoms with Crippen LogP contribution >= 0.6 is 11.6 Å². The van der Waals surface area contributed by atoms with Gasteiger partial charge in [-0.15, -0.1) is 0 Å². The summed E-state index contributed by atoms with van der Waals surface area (Å²) >= 11 is 6.10. The maximum Gasteiger partial charge on any atom is 0.170 e. The van der Waals surface area contributed by atoms with E-state index < -0.39 is 17.7 Å². The summed E-state index contributed by atoms with van der Waals surface area (Å²) < 4.78 is 33.6. The van der Waals surface area contributed by atoms with Crippen molar-refractivity contribution in [1.29, 1.82) is 0 Å². The molecule has 2 aromatic rings. The van der Waals surface area contributed by atoms with Gasteiger partial charge in [0.2, 0.25) is 0 Å². The van der Waals surface area contributed by atoms with Crippen LogP contribution in [0.15, 0.2) is 36.4 Å². The fourth-order valence-electron chi connectivity index (χ4n) is 2.27. The summed E-state index contributed by atoms with van der Waals surface area (Å²) in [5.41, 5.74) is 0.524. The van der Waals surface area contributed by atoms with Crippen LogP contribution in [0.3, 0.4) is 0 Å². The van der Waals surface area contributed by atoms with Crippen LogP contribution in [0.2, 0.25) is 5.02 Å². The lowest BCUT2D eigenvalue weighted by Crippen LogP contribution is -2.24. The monoisotopic (exact) mass is 311 g/mol. The second kappa shape index (κ2) is 6.87. The Morgan fingerprint density at radius 2 is 1.90 bits per heavy atom. The first-order valence-corrected chi connectivity index (χ1v) is 6.97. The molecule has 112 valence electrons. The molecule has 21 heavy (non-hydrogen) atoms. The molecular formula is C16H16ClF2NO. The van der Waals surface area contributed by atoms with Crippen LogP contribution in [0.1, 0.15) is 24.1 Å². The molecule has 1 N–H and O–H groups in total. The van der Waals surface area contributed by atoms with Crippen molar-refractivity contribution in [2.24, 2.45) is 0 Å². The molecule has 2 rings (SSSR count). The van der Waals surface area contributed by atoms with Gasteiger partial charge in [0.1, 0.15) is 5.82 Å². The smallest absolute Gasteiger partial charge is 0.170 e. The zero-order valence-electron chi connectivity index (χ0n) is 11.8. The minimum Gasteiger partial charge on any atom is -0.494 e. The van der Waals surface area contributed by atoms with Crippen molar-refractivity contribution in [3.63, 3.8) is 0 Å². The highest BCUT2D eigenvalue weighted by Gasteiger charge is 2.24. The Hall–Kier alpha value is -1.65. The number of nitrogens with one attached hydrogen (secondary N) is 1. The van der Waals surface area contributed by atoms with E-state index in [-0.39, 0.29) is 16.3 Å². The average molecular weight is 312 g/mol. The topological polar surface area (TPSA) is 21.3 Å². The van der Waals surface area contributed by atoms with Crippen LogP contribution in [-0.4, -0.2) is 13.7 Å². The highest BCUT2D eigenvalue weighted by atomic mass is 35.5. The van der Waals surface area contributed by atoms with Crippen molar-refractivity contribution < 1.29 is 13.5 Å². The molecule has 0 saturated heterocycles. The van der Waals surface area contributed by atoms with Gasteiger partial charge in [-0.05, 0) is 24.7 Å². The van der Waals surface area contributed by atoms with Gasteiger partial charge in [-0.25, -0.2) is 8.78 Å². The maximum atomic E-state index is 14.5. The molecule has 5 heteroatoms. The Bertz CT molecular complexity index is 613. The number of ether oxygens (including phenoxy) is 1. The van der Waals surface area contributed by atoms with E-state index in [1.807, 2.05) is 6.92 Å². The molecule has 0 spiro atoms. The van der Waals surface area contributed by atoms with E-state index in [9.17, 15) is 8.78 Å². The van der Waals surface area contributed by atoms with Gasteiger partial charge in [-0.3, -0.25) is 0 Å². The Kier molecular flexibility index (Phi) is 5.15. The van der Waals surface area contributed by atoms with Gasteiger partial charge < -0.3 is 10.1 Å². The molecule has 0 heterocycles. The van der Waals surface area contributed by atoms with E-state index in [0.717, 1.165) is 0 Å². The molecule has 1 atom stereocenters. The zero-order chi connectivity index (χ0) is 15.4. The third-order valence-corrected chi connectivity index (χ3v) is 3.55. The van der Waals surface area contributed by atoms with Gasteiger partial charge >= 0.3 is 0 Å². The van der Waals surface area contributed by atoms with Gasteiger partial charge in [0.05, 0.1) is 13.2 Å². The highest BCUT2D eigenvalue weighted by Crippen LogP contribution is 2.34. The summed E-state index contributed by atoms with van der Waals surface area (Å²) in [6.45, 7) is 2.39. The summed E-state index contributed by atoms with van der Waals surface area (Å²) in [5.74, 6) is -0.885. The van der Waals surface area contributed by atoms with E-state index in [1.54, 1.807) is 18.2 Å². The number of hydrogen-bond donors (Lipinski definition) is 1. The lowest BCUT2D eigenvalue weighted by molar-refractivity contribution is 0.381. The van der Waals surface area contributed by atoms with Crippen LogP contribution in [0.25, 0.3) is 0 Å². The SMILES string of the molecule is CCNC(c1cccc(OC)c1F)c1c(F)cccc1Cl. The molecule has 2 nitrogen and oxygen atoms in total. The Morgan fingerprint density at radius 1 is 1.19 bits per heavy atom. The quantitative estimate of drug-likeness (QED) is 0.887. The van der Waals surface area contributed by atoms with E-state index in [2.05, 4.69) is 5.32 Å². The third-order valence-electron chi connectivity index (χ3n) is 3.22. The lowest BCUT2D eigenvalue weighted by Gasteiger charge is -2.22. The van der Waals surface area contributed by atoms with Gasteiger partial charge in [-0.1, -0.05) is 36.7 Å². The molecular weight excluding hydrogens is 296 g/mol. The van der Waals surface area contributed by atoms with Crippen molar-refractivity contribution in [2.45, 2.75) is 13.0 Å². The number of hydrogen-bond acceptors (Lipinski definition) is 2. The van der Waals surface area contributed by atoms with Gasteiger partial charge in [-0.2, -0.15) is 0 Å². The van der Waals surface area contributed by atoms with Crippen molar-refractivity contribution in [1.82, 2.24) is 5.32 Å². The molecule has 0 aromatic heterocycles. The molecule has 0 amide bonds. The van der Waals surface area contributed by atoms with Crippen LogP contribution in [-0.2, 0) is 0 Å². The van der Waals surface area contributed by atoms with Crippen molar-refractivity contribution in [3.05, 3.63) is 64.2 Å². The summed E-state index contributed by atoms with van der Waals surface area (Å²) in [7, 11) is 1.39. The molecule has 0 fully saturated rings. The average Bonchev–Trinajstić information content (AvgIpc) is 2.46. The molecule has 0 bridgehead atoms. The molecule has 0 saturated carbocycles. The maximum absolute atomic E-state index is 14.5. The second-order valence-electron chi connectivity index (χ2n) is 4.49. The van der Waals surface area contributed by atoms with Crippen LogP contribution in [0, 0.1) is 11.6 Å². The molecule has 1 unspecified atom stereocenters. The first-order chi connectivity index (χ1) is 10.1. The number of methoxy groups -OCH3 is 1. The van der Waals surface area contributed by atoms with Crippen LogP contribution in [0.4, 0.5) is 8.78 Å². The zero-order valence-corrected chi connectivity index (χ0v) is 12.5. The number of rotatable bonds is 5. The van der Waals surface area contributed by atoms with Crippen molar-refractivity contribution in [3.8, 4) is 5.75 Å². The minimum absolute atomic E-state index is 0.114. The Morgan fingerprint density at radius 3 is 2.52 bits per heavy atom. The minimum atomic E-state index is -0.682. The lowest BCUT2D eigenvalue weighted by atomic mass is 9.97. The number of benzene rings is 2. The molecule has 0 radical (unpaired) electrons. The molecule has 0 aliphatic rings. The van der Waals surface area contributed by atoms with Gasteiger partial charge in [0, 0.05) is 16.1 Å². The largest absolute Gasteiger partial charge is 0.494 e. The van der Waals surface area contributed by atoms with Gasteiger partial charge in [0.25, 0.3) is 0 Å². The third kappa shape index (κ3) is 3.17. The first-order valence-electron chi connectivity index (χ1n) is 6.59. The summed E-state index contributed by atoms with van der Waals surface area (Å²) in [6.07, 6.45) is 0. The Labute approximate surface area is 127 Å². The van der Waals surface area contributed by atoms with Crippen molar-refractivity contribution >= 4 is 11.6 Å². The standard InChI is InChI=1S/C16H16ClF2NO/c1-3-20-16(14-11(17)7-5-8-12(14)18)10-6-4-9-13(21-2)15(10)19/h4-9,16,20H,3H2,1-2H3. The summed E-state index contributed by atoms with van der Waals surface area (Å²) in [6, 6.07) is 8.51. The van der Waals surface area contributed by atoms with E-state index >= 15 is 0 Å². The summed E-state index contributed by atoms with van der Waals surface area (Å²) in [5, 5.41) is 3.32. The fourth-order valence-corrected chi connectivity index (χ4v) is 2.54. The fraction of sp³-hybridized carbons (Fsp3) is 0.250. The molecule has 2 aromatic carbocycles. The van der Waals surface area contributed by atoms with E-state index in [0.29, 0.717) is 12.1 Å². The highest BCUT2D eigenvalue weighted by molar-refractivity contribution is 6.31. The second-order valence-corrected chi connectivity index (χ2v) is 4.90. The Balaban J connectivity index is 2.59. The predicted molar refractivity (Wildman–Crippen MR) is 79.9 cm³/mol. The normalized spacial score (nSPS) is 12.2. The summed E-state index contributed by atoms with van der Waals surface area (Å²) in [4.78, 5) is 0. The van der Waals surface area contributed by atoms with Crippen LogP contribution in [0.5, 0.6) is 5.75 Å². The van der Waals surface area contributed by atoms with Crippen LogP contribution < -0.4 is 10.1 Å². The van der Waals surface area contributed by atoms with Gasteiger partial charge in [0.15, 0.2) is 11.6 Å².